The van der Waals surface area contributed by atoms with E-state index in [1.807, 2.05) is 19.1 Å². The van der Waals surface area contributed by atoms with Crippen molar-refractivity contribution in [2.45, 2.75) is 43.9 Å². The maximum absolute atomic E-state index is 12.2. The van der Waals surface area contributed by atoms with E-state index < -0.39 is 21.5 Å². The summed E-state index contributed by atoms with van der Waals surface area (Å²) in [6, 6.07) is 7.21. The number of sulfonamides is 1. The van der Waals surface area contributed by atoms with Gasteiger partial charge < -0.3 is 5.11 Å². The number of hydrogen-bond acceptors (Lipinski definition) is 3. The minimum Gasteiger partial charge on any atom is -0.480 e. The van der Waals surface area contributed by atoms with E-state index in [4.69, 9.17) is 0 Å². The molecule has 2 N–H and O–H groups in total. The summed E-state index contributed by atoms with van der Waals surface area (Å²) in [7, 11) is -3.67. The number of nitrogens with one attached hydrogen (secondary N) is 1. The molecular weight excluding hydrogens is 278 g/mol. The summed E-state index contributed by atoms with van der Waals surface area (Å²) in [5, 5.41) is 9.32. The van der Waals surface area contributed by atoms with Crippen LogP contribution in [0.2, 0.25) is 0 Å². The summed E-state index contributed by atoms with van der Waals surface area (Å²) in [6.07, 6.45) is 2.18. The first-order valence-electron chi connectivity index (χ1n) is 6.64. The van der Waals surface area contributed by atoms with Crippen molar-refractivity contribution in [3.63, 3.8) is 0 Å². The number of hydrogen-bond donors (Lipinski definition) is 2. The molecule has 1 aromatic rings. The molecular formula is C14H19NO4S. The Balaban J connectivity index is 2.19. The predicted molar refractivity (Wildman–Crippen MR) is 75.8 cm³/mol. The second kappa shape index (κ2) is 5.54. The standard InChI is InChI=1S/C14H19NO4S/c1-11-6-2-3-7-12(11)10-20(18,19)15-14(13(16)17)8-4-5-9-14/h2-3,6-7,15H,4-5,8-10H2,1H3,(H,16,17). The lowest BCUT2D eigenvalue weighted by atomic mass is 10.0. The number of rotatable bonds is 5. The van der Waals surface area contributed by atoms with E-state index >= 15 is 0 Å². The highest BCUT2D eigenvalue weighted by Crippen LogP contribution is 2.31. The zero-order valence-electron chi connectivity index (χ0n) is 11.4. The number of carbonyl (C=O) groups is 1. The van der Waals surface area contributed by atoms with Crippen molar-refractivity contribution in [1.82, 2.24) is 4.72 Å². The summed E-state index contributed by atoms with van der Waals surface area (Å²) in [5.74, 6) is -1.27. The fraction of sp³-hybridized carbons (Fsp3) is 0.500. The highest BCUT2D eigenvalue weighted by molar-refractivity contribution is 7.88. The Labute approximate surface area is 119 Å². The molecule has 1 aliphatic carbocycles. The van der Waals surface area contributed by atoms with E-state index in [-0.39, 0.29) is 5.75 Å². The first-order chi connectivity index (χ1) is 9.35. The van der Waals surface area contributed by atoms with E-state index in [2.05, 4.69) is 4.72 Å². The zero-order chi connectivity index (χ0) is 14.8. The fourth-order valence-electron chi connectivity index (χ4n) is 2.65. The van der Waals surface area contributed by atoms with Gasteiger partial charge in [0.15, 0.2) is 0 Å². The molecule has 5 nitrogen and oxygen atoms in total. The Morgan fingerprint density at radius 3 is 2.45 bits per heavy atom. The second-order valence-electron chi connectivity index (χ2n) is 5.38. The largest absolute Gasteiger partial charge is 0.480 e. The third kappa shape index (κ3) is 3.19. The molecule has 0 amide bonds. The molecule has 0 radical (unpaired) electrons. The number of carboxylic acid groups (broad SMARTS) is 1. The van der Waals surface area contributed by atoms with Crippen molar-refractivity contribution in [2.75, 3.05) is 0 Å². The molecule has 1 aliphatic rings. The molecule has 0 heterocycles. The van der Waals surface area contributed by atoms with E-state index in [9.17, 15) is 18.3 Å². The van der Waals surface area contributed by atoms with Gasteiger partial charge in [0.25, 0.3) is 0 Å². The van der Waals surface area contributed by atoms with Crippen molar-refractivity contribution in [1.29, 1.82) is 0 Å². The van der Waals surface area contributed by atoms with Gasteiger partial charge in [-0.05, 0) is 30.9 Å². The topological polar surface area (TPSA) is 83.5 Å². The minimum absolute atomic E-state index is 0.186. The van der Waals surface area contributed by atoms with Crippen molar-refractivity contribution in [3.8, 4) is 0 Å². The van der Waals surface area contributed by atoms with E-state index in [0.29, 0.717) is 18.4 Å². The number of aryl methyl sites for hydroxylation is 1. The van der Waals surface area contributed by atoms with Crippen LogP contribution < -0.4 is 4.72 Å². The maximum atomic E-state index is 12.2. The van der Waals surface area contributed by atoms with Gasteiger partial charge in [-0.25, -0.2) is 8.42 Å². The van der Waals surface area contributed by atoms with Gasteiger partial charge in [0.2, 0.25) is 10.0 Å². The number of aliphatic carboxylic acids is 1. The number of carboxylic acids is 1. The zero-order valence-corrected chi connectivity index (χ0v) is 12.2. The Hall–Kier alpha value is -1.40. The lowest BCUT2D eigenvalue weighted by Crippen LogP contribution is -2.52. The summed E-state index contributed by atoms with van der Waals surface area (Å²) < 4.78 is 26.9. The van der Waals surface area contributed by atoms with Crippen LogP contribution in [0.25, 0.3) is 0 Å². The smallest absolute Gasteiger partial charge is 0.324 e. The van der Waals surface area contributed by atoms with Gasteiger partial charge in [-0.1, -0.05) is 37.1 Å². The van der Waals surface area contributed by atoms with Gasteiger partial charge in [0, 0.05) is 0 Å². The maximum Gasteiger partial charge on any atom is 0.324 e. The Morgan fingerprint density at radius 2 is 1.90 bits per heavy atom. The molecule has 1 aromatic carbocycles. The first-order valence-corrected chi connectivity index (χ1v) is 8.29. The highest BCUT2D eigenvalue weighted by atomic mass is 32.2. The molecule has 2 rings (SSSR count). The molecule has 6 heteroatoms. The van der Waals surface area contributed by atoms with Crippen LogP contribution in [0, 0.1) is 6.92 Å². The van der Waals surface area contributed by atoms with Crippen molar-refractivity contribution >= 4 is 16.0 Å². The first kappa shape index (κ1) is 15.0. The summed E-state index contributed by atoms with van der Waals surface area (Å²) in [5.41, 5.74) is 0.258. The molecule has 110 valence electrons. The van der Waals surface area contributed by atoms with E-state index in [0.717, 1.165) is 18.4 Å². The summed E-state index contributed by atoms with van der Waals surface area (Å²) in [6.45, 7) is 1.84. The lowest BCUT2D eigenvalue weighted by molar-refractivity contribution is -0.143. The normalized spacial score (nSPS) is 18.1. The van der Waals surface area contributed by atoms with Gasteiger partial charge in [0.05, 0.1) is 5.75 Å². The molecule has 0 unspecified atom stereocenters. The van der Waals surface area contributed by atoms with E-state index in [1.54, 1.807) is 12.1 Å². The van der Waals surface area contributed by atoms with Crippen molar-refractivity contribution in [3.05, 3.63) is 35.4 Å². The van der Waals surface area contributed by atoms with Gasteiger partial charge in [0.1, 0.15) is 5.54 Å². The van der Waals surface area contributed by atoms with Crippen LogP contribution in [0.1, 0.15) is 36.8 Å². The number of benzene rings is 1. The molecule has 1 saturated carbocycles. The molecule has 0 aromatic heterocycles. The predicted octanol–water partition coefficient (Wildman–Crippen LogP) is 1.81. The summed E-state index contributed by atoms with van der Waals surface area (Å²) in [4.78, 5) is 11.4. The molecule has 0 spiro atoms. The Kier molecular flexibility index (Phi) is 4.15. The lowest BCUT2D eigenvalue weighted by Gasteiger charge is -2.25. The quantitative estimate of drug-likeness (QED) is 0.868. The van der Waals surface area contributed by atoms with Crippen LogP contribution in [0.3, 0.4) is 0 Å². The molecule has 1 fully saturated rings. The van der Waals surface area contributed by atoms with Gasteiger partial charge >= 0.3 is 5.97 Å². The monoisotopic (exact) mass is 297 g/mol. The third-order valence-electron chi connectivity index (χ3n) is 3.82. The Bertz CT molecular complexity index is 603. The summed E-state index contributed by atoms with van der Waals surface area (Å²) >= 11 is 0. The van der Waals surface area contributed by atoms with Gasteiger partial charge in [-0.3, -0.25) is 4.79 Å². The van der Waals surface area contributed by atoms with Crippen LogP contribution in [-0.4, -0.2) is 25.0 Å². The minimum atomic E-state index is -3.67. The molecule has 0 bridgehead atoms. The van der Waals surface area contributed by atoms with Crippen LogP contribution in [-0.2, 0) is 20.6 Å². The molecule has 0 aliphatic heterocycles. The van der Waals surface area contributed by atoms with Crippen LogP contribution in [0.4, 0.5) is 0 Å². The van der Waals surface area contributed by atoms with Crippen LogP contribution in [0.15, 0.2) is 24.3 Å². The average Bonchev–Trinajstić information content (AvgIpc) is 2.81. The fourth-order valence-corrected chi connectivity index (χ4v) is 4.34. The van der Waals surface area contributed by atoms with Gasteiger partial charge in [-0.15, -0.1) is 0 Å². The molecule has 20 heavy (non-hydrogen) atoms. The highest BCUT2D eigenvalue weighted by Gasteiger charge is 2.44. The molecule has 0 saturated heterocycles. The second-order valence-corrected chi connectivity index (χ2v) is 7.10. The SMILES string of the molecule is Cc1ccccc1CS(=O)(=O)NC1(C(=O)O)CCCC1. The molecule has 0 atom stereocenters. The van der Waals surface area contributed by atoms with Gasteiger partial charge in [-0.2, -0.15) is 4.72 Å². The van der Waals surface area contributed by atoms with Crippen LogP contribution in [0.5, 0.6) is 0 Å². The van der Waals surface area contributed by atoms with Crippen molar-refractivity contribution in [2.24, 2.45) is 0 Å². The third-order valence-corrected chi connectivity index (χ3v) is 5.22. The van der Waals surface area contributed by atoms with Crippen molar-refractivity contribution < 1.29 is 18.3 Å². The van der Waals surface area contributed by atoms with Crippen LogP contribution >= 0.6 is 0 Å². The van der Waals surface area contributed by atoms with E-state index in [1.165, 1.54) is 0 Å². The Morgan fingerprint density at radius 1 is 1.30 bits per heavy atom. The average molecular weight is 297 g/mol.